The minimum atomic E-state index is -0.786. The van der Waals surface area contributed by atoms with Crippen LogP contribution in [0.1, 0.15) is 0 Å². The van der Waals surface area contributed by atoms with Crippen molar-refractivity contribution in [1.82, 2.24) is 0 Å². The largest absolute Gasteiger partial charge is 0.457 e. The van der Waals surface area contributed by atoms with Gasteiger partial charge in [0.25, 0.3) is 5.43 Å². The molecular formula is C9H4ClNO4. The molecule has 0 saturated carbocycles. The van der Waals surface area contributed by atoms with Gasteiger partial charge in [0, 0.05) is 5.02 Å². The molecule has 15 heavy (non-hydrogen) atoms. The number of nitro groups is 1. The summed E-state index contributed by atoms with van der Waals surface area (Å²) in [6, 6.07) is 4.37. The van der Waals surface area contributed by atoms with Crippen LogP contribution in [0, 0.1) is 10.1 Å². The summed E-state index contributed by atoms with van der Waals surface area (Å²) in [5, 5.41) is 10.9. The molecule has 0 aliphatic rings. The van der Waals surface area contributed by atoms with Crippen molar-refractivity contribution in [2.45, 2.75) is 0 Å². The van der Waals surface area contributed by atoms with E-state index in [1.54, 1.807) is 6.07 Å². The van der Waals surface area contributed by atoms with Crippen molar-refractivity contribution in [2.24, 2.45) is 0 Å². The van der Waals surface area contributed by atoms with E-state index in [2.05, 4.69) is 0 Å². The van der Waals surface area contributed by atoms with Gasteiger partial charge in [0.1, 0.15) is 5.58 Å². The second-order valence-corrected chi connectivity index (χ2v) is 3.28. The summed E-state index contributed by atoms with van der Waals surface area (Å²) < 4.78 is 4.94. The van der Waals surface area contributed by atoms with Gasteiger partial charge in [0.05, 0.1) is 10.3 Å². The minimum Gasteiger partial charge on any atom is -0.457 e. The molecule has 0 atom stereocenters. The number of rotatable bonds is 1. The Hall–Kier alpha value is -1.88. The molecule has 1 aromatic carbocycles. The number of halogens is 1. The molecule has 0 bridgehead atoms. The van der Waals surface area contributed by atoms with Crippen LogP contribution in [-0.4, -0.2) is 4.92 Å². The molecule has 2 rings (SSSR count). The summed E-state index contributed by atoms with van der Waals surface area (Å²) >= 11 is 5.67. The van der Waals surface area contributed by atoms with E-state index in [1.165, 1.54) is 12.1 Å². The van der Waals surface area contributed by atoms with Crippen LogP contribution < -0.4 is 5.43 Å². The monoisotopic (exact) mass is 225 g/mol. The van der Waals surface area contributed by atoms with Crippen molar-refractivity contribution >= 4 is 28.3 Å². The lowest BCUT2D eigenvalue weighted by Gasteiger charge is -1.96. The van der Waals surface area contributed by atoms with Gasteiger partial charge in [-0.3, -0.25) is 14.9 Å². The van der Waals surface area contributed by atoms with E-state index in [1.807, 2.05) is 0 Å². The smallest absolute Gasteiger partial charge is 0.351 e. The molecule has 0 saturated heterocycles. The maximum absolute atomic E-state index is 11.6. The summed E-state index contributed by atoms with van der Waals surface area (Å²) in [7, 11) is 0. The molecule has 0 amide bonds. The molecule has 0 fully saturated rings. The normalized spacial score (nSPS) is 10.5. The van der Waals surface area contributed by atoms with Gasteiger partial charge in [-0.15, -0.1) is 0 Å². The van der Waals surface area contributed by atoms with Crippen molar-refractivity contribution in [2.75, 3.05) is 0 Å². The maximum Gasteiger partial charge on any atom is 0.351 e. The molecule has 6 heteroatoms. The lowest BCUT2D eigenvalue weighted by Crippen LogP contribution is -2.07. The van der Waals surface area contributed by atoms with Crippen molar-refractivity contribution in [3.63, 3.8) is 0 Å². The third kappa shape index (κ3) is 1.57. The van der Waals surface area contributed by atoms with E-state index in [4.69, 9.17) is 16.0 Å². The zero-order chi connectivity index (χ0) is 11.0. The molecule has 0 N–H and O–H groups in total. The van der Waals surface area contributed by atoms with Crippen LogP contribution in [0.3, 0.4) is 0 Å². The lowest BCUT2D eigenvalue weighted by atomic mass is 10.2. The van der Waals surface area contributed by atoms with Gasteiger partial charge >= 0.3 is 5.69 Å². The molecular weight excluding hydrogens is 222 g/mol. The van der Waals surface area contributed by atoms with Gasteiger partial charge in [0.15, 0.2) is 6.26 Å². The van der Waals surface area contributed by atoms with Crippen LogP contribution in [0.5, 0.6) is 0 Å². The van der Waals surface area contributed by atoms with Crippen LogP contribution >= 0.6 is 11.6 Å². The Kier molecular flexibility index (Phi) is 2.17. The molecule has 0 aliphatic carbocycles. The van der Waals surface area contributed by atoms with Crippen LogP contribution in [0.25, 0.3) is 11.0 Å². The highest BCUT2D eigenvalue weighted by atomic mass is 35.5. The van der Waals surface area contributed by atoms with Gasteiger partial charge in [-0.2, -0.15) is 0 Å². The number of hydrogen-bond donors (Lipinski definition) is 0. The molecule has 1 aromatic heterocycles. The van der Waals surface area contributed by atoms with E-state index >= 15 is 0 Å². The topological polar surface area (TPSA) is 73.3 Å². The van der Waals surface area contributed by atoms with Crippen LogP contribution in [0.4, 0.5) is 5.69 Å². The fourth-order valence-corrected chi connectivity index (χ4v) is 1.39. The zero-order valence-electron chi connectivity index (χ0n) is 7.27. The Morgan fingerprint density at radius 1 is 1.40 bits per heavy atom. The highest BCUT2D eigenvalue weighted by Gasteiger charge is 2.16. The molecule has 0 spiro atoms. The van der Waals surface area contributed by atoms with Gasteiger partial charge in [0.2, 0.25) is 0 Å². The lowest BCUT2D eigenvalue weighted by molar-refractivity contribution is -0.386. The number of hydrogen-bond acceptors (Lipinski definition) is 4. The second-order valence-electron chi connectivity index (χ2n) is 2.85. The molecule has 5 nitrogen and oxygen atoms in total. The average Bonchev–Trinajstić information content (AvgIpc) is 2.19. The van der Waals surface area contributed by atoms with Gasteiger partial charge in [-0.05, 0) is 18.2 Å². The number of benzene rings is 1. The first-order valence-electron chi connectivity index (χ1n) is 3.95. The van der Waals surface area contributed by atoms with Gasteiger partial charge in [-0.1, -0.05) is 11.6 Å². The molecule has 2 aromatic rings. The van der Waals surface area contributed by atoms with E-state index in [-0.39, 0.29) is 11.0 Å². The molecule has 76 valence electrons. The molecule has 0 unspecified atom stereocenters. The Labute approximate surface area is 88.0 Å². The van der Waals surface area contributed by atoms with Crippen molar-refractivity contribution < 1.29 is 9.34 Å². The van der Waals surface area contributed by atoms with Crippen molar-refractivity contribution in [3.8, 4) is 0 Å². The van der Waals surface area contributed by atoms with E-state index in [0.717, 1.165) is 6.26 Å². The Morgan fingerprint density at radius 3 is 2.80 bits per heavy atom. The first-order chi connectivity index (χ1) is 7.09. The summed E-state index contributed by atoms with van der Waals surface area (Å²) in [5.74, 6) is 0. The summed E-state index contributed by atoms with van der Waals surface area (Å²) in [6.07, 6.45) is 0.832. The van der Waals surface area contributed by atoms with Crippen LogP contribution in [0.2, 0.25) is 5.02 Å². The Bertz CT molecular complexity index is 605. The number of fused-ring (bicyclic) bond motifs is 1. The molecule has 0 aliphatic heterocycles. The SMILES string of the molecule is O=c1c([N+](=O)[O-])coc2ccc(Cl)cc12. The second kappa shape index (κ2) is 3.36. The highest BCUT2D eigenvalue weighted by molar-refractivity contribution is 6.31. The van der Waals surface area contributed by atoms with Crippen LogP contribution in [-0.2, 0) is 0 Å². The standard InChI is InChI=1S/C9H4ClNO4/c10-5-1-2-8-6(3-5)9(12)7(4-15-8)11(13)14/h1-4H. The van der Waals surface area contributed by atoms with E-state index < -0.39 is 16.0 Å². The number of nitrogens with zero attached hydrogens (tertiary/aromatic N) is 1. The minimum absolute atomic E-state index is 0.108. The van der Waals surface area contributed by atoms with E-state index in [9.17, 15) is 14.9 Å². The van der Waals surface area contributed by atoms with Gasteiger partial charge in [-0.25, -0.2) is 0 Å². The van der Waals surface area contributed by atoms with Gasteiger partial charge < -0.3 is 4.42 Å². The molecule has 0 radical (unpaired) electrons. The predicted octanol–water partition coefficient (Wildman–Crippen LogP) is 2.35. The third-order valence-electron chi connectivity index (χ3n) is 1.91. The zero-order valence-corrected chi connectivity index (χ0v) is 8.02. The van der Waals surface area contributed by atoms with E-state index in [0.29, 0.717) is 5.02 Å². The Balaban J connectivity index is 2.89. The average molecular weight is 226 g/mol. The van der Waals surface area contributed by atoms with Crippen molar-refractivity contribution in [3.05, 3.63) is 49.8 Å². The fourth-order valence-electron chi connectivity index (χ4n) is 1.22. The fraction of sp³-hybridized carbons (Fsp3) is 0. The predicted molar refractivity (Wildman–Crippen MR) is 54.1 cm³/mol. The summed E-state index contributed by atoms with van der Waals surface area (Å²) in [5.41, 5.74) is -1.01. The van der Waals surface area contributed by atoms with Crippen molar-refractivity contribution in [1.29, 1.82) is 0 Å². The third-order valence-corrected chi connectivity index (χ3v) is 2.15. The molecule has 1 heterocycles. The Morgan fingerprint density at radius 2 is 2.13 bits per heavy atom. The highest BCUT2D eigenvalue weighted by Crippen LogP contribution is 2.18. The summed E-state index contributed by atoms with van der Waals surface area (Å²) in [4.78, 5) is 21.2. The maximum atomic E-state index is 11.6. The van der Waals surface area contributed by atoms with Crippen LogP contribution in [0.15, 0.2) is 33.7 Å². The summed E-state index contributed by atoms with van der Waals surface area (Å²) in [6.45, 7) is 0. The quantitative estimate of drug-likeness (QED) is 0.552. The first kappa shape index (κ1) is 9.67. The first-order valence-corrected chi connectivity index (χ1v) is 4.33.